The molecule has 10 N–H and O–H groups in total. The van der Waals surface area contributed by atoms with Gasteiger partial charge in [-0.2, -0.15) is 0 Å². The maximum absolute atomic E-state index is 14.1. The van der Waals surface area contributed by atoms with Crippen LogP contribution >= 0.6 is 0 Å². The van der Waals surface area contributed by atoms with Crippen molar-refractivity contribution in [3.63, 3.8) is 0 Å². The molecular formula is C50H64N6O12. The van der Waals surface area contributed by atoms with E-state index in [0.717, 1.165) is 0 Å². The summed E-state index contributed by atoms with van der Waals surface area (Å²) in [6.07, 6.45) is -5.51. The molecule has 0 unspecified atom stereocenters. The predicted molar refractivity (Wildman–Crippen MR) is 251 cm³/mol. The van der Waals surface area contributed by atoms with Crippen LogP contribution in [0.15, 0.2) is 121 Å². The lowest BCUT2D eigenvalue weighted by atomic mass is 9.90. The van der Waals surface area contributed by atoms with Gasteiger partial charge in [0.1, 0.15) is 49.6 Å². The summed E-state index contributed by atoms with van der Waals surface area (Å²) in [5.74, 6) is -4.41. The molecule has 0 aliphatic rings. The maximum atomic E-state index is 14.1. The third kappa shape index (κ3) is 17.4. The Hall–Kier alpha value is -6.86. The van der Waals surface area contributed by atoms with E-state index in [9.17, 15) is 49.2 Å². The topological polar surface area (TPSA) is 274 Å². The van der Waals surface area contributed by atoms with Crippen LogP contribution in [0.2, 0.25) is 0 Å². The van der Waals surface area contributed by atoms with Crippen molar-refractivity contribution in [1.29, 1.82) is 0 Å². The number of nitrogens with one attached hydrogen (secondary N) is 6. The molecule has 0 saturated heterocycles. The summed E-state index contributed by atoms with van der Waals surface area (Å²) in [5, 5.41) is 59.5. The molecular weight excluding hydrogens is 877 g/mol. The number of rotatable bonds is 25. The van der Waals surface area contributed by atoms with Gasteiger partial charge in [0, 0.05) is 0 Å². The standard InChI is InChI=1S/C50H64N6O12/c1-31(2)41(55-45(61)39(27-57)53-49(65)67-29-35-21-13-7-14-22-35)47(63)51-37(25-33-17-9-5-10-18-33)43(59)44(60)38(26-34-19-11-6-12-20-34)52-48(64)42(32(3)4)56-46(62)40(28-58)54-50(66)68-30-36-23-15-8-16-24-36/h5-24,31-32,37-44,57-60H,25-30H2,1-4H3,(H,51,63)(H,52,64)(H,53,65)(H,54,66)(H,55,61)(H,56,62)/t37-,38-,39-,40-,41-,42-,43+,44+/m0/s1. The van der Waals surface area contributed by atoms with Crippen LogP contribution in [0.1, 0.15) is 49.9 Å². The van der Waals surface area contributed by atoms with Gasteiger partial charge in [0.05, 0.1) is 25.3 Å². The van der Waals surface area contributed by atoms with E-state index in [0.29, 0.717) is 22.3 Å². The van der Waals surface area contributed by atoms with E-state index >= 15 is 0 Å². The summed E-state index contributed by atoms with van der Waals surface area (Å²) in [7, 11) is 0. The van der Waals surface area contributed by atoms with Gasteiger partial charge in [-0.15, -0.1) is 0 Å². The second-order valence-electron chi connectivity index (χ2n) is 16.9. The highest BCUT2D eigenvalue weighted by atomic mass is 16.6. The predicted octanol–water partition coefficient (Wildman–Crippen LogP) is 2.02. The molecule has 366 valence electrons. The van der Waals surface area contributed by atoms with Gasteiger partial charge in [0.15, 0.2) is 0 Å². The normalized spacial score (nSPS) is 14.7. The molecule has 68 heavy (non-hydrogen) atoms. The number of amides is 6. The van der Waals surface area contributed by atoms with Gasteiger partial charge in [0.2, 0.25) is 23.6 Å². The Bertz CT molecular complexity index is 2030. The Morgan fingerprint density at radius 2 is 0.721 bits per heavy atom. The van der Waals surface area contributed by atoms with Crippen LogP contribution in [-0.2, 0) is 54.7 Å². The number of aliphatic hydroxyl groups excluding tert-OH is 4. The molecule has 0 radical (unpaired) electrons. The molecule has 8 atom stereocenters. The molecule has 0 spiro atoms. The van der Waals surface area contributed by atoms with E-state index < -0.39 is 109 Å². The number of carbonyl (C=O) groups excluding carboxylic acids is 6. The second-order valence-corrected chi connectivity index (χ2v) is 16.9. The zero-order valence-corrected chi connectivity index (χ0v) is 38.6. The van der Waals surface area contributed by atoms with Gasteiger partial charge < -0.3 is 61.8 Å². The van der Waals surface area contributed by atoms with Crippen LogP contribution < -0.4 is 31.9 Å². The minimum Gasteiger partial charge on any atom is -0.445 e. The van der Waals surface area contributed by atoms with Crippen molar-refractivity contribution < 1.29 is 58.7 Å². The third-order valence-corrected chi connectivity index (χ3v) is 10.9. The Kier molecular flexibility index (Phi) is 21.9. The average molecular weight is 941 g/mol. The molecule has 4 rings (SSSR count). The molecule has 6 amide bonds. The highest BCUT2D eigenvalue weighted by molar-refractivity contribution is 5.92. The Morgan fingerprint density at radius 3 is 1.00 bits per heavy atom. The maximum Gasteiger partial charge on any atom is 0.408 e. The van der Waals surface area contributed by atoms with Crippen molar-refractivity contribution >= 4 is 35.8 Å². The van der Waals surface area contributed by atoms with E-state index in [-0.39, 0.29) is 26.1 Å². The first-order chi connectivity index (χ1) is 32.6. The van der Waals surface area contributed by atoms with Crippen molar-refractivity contribution in [2.45, 2.75) is 102 Å². The van der Waals surface area contributed by atoms with E-state index in [4.69, 9.17) is 9.47 Å². The molecule has 4 aromatic carbocycles. The quantitative estimate of drug-likeness (QED) is 0.0458. The highest BCUT2D eigenvalue weighted by Crippen LogP contribution is 2.17. The summed E-state index contributed by atoms with van der Waals surface area (Å²) in [6, 6.07) is 27.3. The molecule has 0 aromatic heterocycles. The zero-order valence-electron chi connectivity index (χ0n) is 38.6. The van der Waals surface area contributed by atoms with Crippen molar-refractivity contribution in [2.24, 2.45) is 11.8 Å². The number of ether oxygens (including phenoxy) is 2. The molecule has 18 heteroatoms. The molecule has 0 bridgehead atoms. The minimum absolute atomic E-state index is 0.0162. The van der Waals surface area contributed by atoms with Gasteiger partial charge >= 0.3 is 12.2 Å². The lowest BCUT2D eigenvalue weighted by molar-refractivity contribution is -0.134. The number of hydrogen-bond acceptors (Lipinski definition) is 12. The smallest absolute Gasteiger partial charge is 0.408 e. The first-order valence-electron chi connectivity index (χ1n) is 22.4. The van der Waals surface area contributed by atoms with Gasteiger partial charge in [-0.05, 0) is 46.9 Å². The fraction of sp³-hybridized carbons (Fsp3) is 0.400. The largest absolute Gasteiger partial charge is 0.445 e. The first kappa shape index (κ1) is 53.8. The molecule has 0 aliphatic carbocycles. The van der Waals surface area contributed by atoms with E-state index in [1.807, 2.05) is 0 Å². The zero-order chi connectivity index (χ0) is 49.6. The summed E-state index contributed by atoms with van der Waals surface area (Å²) in [5.41, 5.74) is 2.71. The van der Waals surface area contributed by atoms with Crippen LogP contribution in [0.4, 0.5) is 9.59 Å². The number of benzene rings is 4. The number of alkyl carbamates (subject to hydrolysis) is 2. The van der Waals surface area contributed by atoms with Gasteiger partial charge in [-0.25, -0.2) is 9.59 Å². The lowest BCUT2D eigenvalue weighted by Crippen LogP contribution is -2.63. The van der Waals surface area contributed by atoms with Crippen LogP contribution in [0.5, 0.6) is 0 Å². The number of aliphatic hydroxyl groups is 4. The van der Waals surface area contributed by atoms with Crippen LogP contribution in [0, 0.1) is 11.8 Å². The molecule has 0 fully saturated rings. The summed E-state index contributed by atoms with van der Waals surface area (Å²) in [6.45, 7) is 4.80. The minimum atomic E-state index is -1.76. The molecule has 0 aliphatic heterocycles. The van der Waals surface area contributed by atoms with Crippen LogP contribution in [-0.4, -0.2) is 118 Å². The van der Waals surface area contributed by atoms with E-state index in [1.165, 1.54) is 0 Å². The summed E-state index contributed by atoms with van der Waals surface area (Å²) < 4.78 is 10.4. The van der Waals surface area contributed by atoms with E-state index in [1.54, 1.807) is 149 Å². The molecule has 0 heterocycles. The van der Waals surface area contributed by atoms with Gasteiger partial charge in [-0.3, -0.25) is 19.2 Å². The number of hydrogen-bond donors (Lipinski definition) is 10. The SMILES string of the molecule is CC(C)[C@H](NC(=O)[C@H](CO)NC(=O)OCc1ccccc1)C(=O)N[C@@H](Cc1ccccc1)[C@@H](O)[C@H](O)[C@H](Cc1ccccc1)NC(=O)[C@@H](NC(=O)[C@H](CO)NC(=O)OCc1ccccc1)C(C)C. The number of carbonyl (C=O) groups is 6. The van der Waals surface area contributed by atoms with Crippen LogP contribution in [0.25, 0.3) is 0 Å². The van der Waals surface area contributed by atoms with Gasteiger partial charge in [-0.1, -0.05) is 149 Å². The molecule has 0 saturated carbocycles. The lowest BCUT2D eigenvalue weighted by Gasteiger charge is -2.35. The highest BCUT2D eigenvalue weighted by Gasteiger charge is 2.38. The van der Waals surface area contributed by atoms with Crippen molar-refractivity contribution in [3.05, 3.63) is 144 Å². The summed E-state index contributed by atoms with van der Waals surface area (Å²) in [4.78, 5) is 80.2. The van der Waals surface area contributed by atoms with Crippen molar-refractivity contribution in [1.82, 2.24) is 31.9 Å². The van der Waals surface area contributed by atoms with Crippen molar-refractivity contribution in [3.8, 4) is 0 Å². The van der Waals surface area contributed by atoms with Gasteiger partial charge in [0.25, 0.3) is 0 Å². The fourth-order valence-electron chi connectivity index (χ4n) is 7.05. The van der Waals surface area contributed by atoms with E-state index in [2.05, 4.69) is 31.9 Å². The Balaban J connectivity index is 1.52. The molecule has 4 aromatic rings. The Labute approximate surface area is 396 Å². The fourth-order valence-corrected chi connectivity index (χ4v) is 7.05. The van der Waals surface area contributed by atoms with Crippen LogP contribution in [0.3, 0.4) is 0 Å². The van der Waals surface area contributed by atoms with Crippen molar-refractivity contribution in [2.75, 3.05) is 13.2 Å². The third-order valence-electron chi connectivity index (χ3n) is 10.9. The average Bonchev–Trinajstić information content (AvgIpc) is 3.34. The second kappa shape index (κ2) is 27.7. The Morgan fingerprint density at radius 1 is 0.426 bits per heavy atom. The summed E-state index contributed by atoms with van der Waals surface area (Å²) >= 11 is 0. The first-order valence-corrected chi connectivity index (χ1v) is 22.4. The monoisotopic (exact) mass is 940 g/mol. The molecule has 18 nitrogen and oxygen atoms in total.